The van der Waals surface area contributed by atoms with Crippen LogP contribution in [0.5, 0.6) is 0 Å². The van der Waals surface area contributed by atoms with Gasteiger partial charge in [-0.25, -0.2) is 10.3 Å². The van der Waals surface area contributed by atoms with Crippen molar-refractivity contribution in [2.24, 2.45) is 5.10 Å². The van der Waals surface area contributed by atoms with Crippen molar-refractivity contribution in [3.8, 4) is 0 Å². The van der Waals surface area contributed by atoms with Gasteiger partial charge in [-0.3, -0.25) is 0 Å². The van der Waals surface area contributed by atoms with Gasteiger partial charge in [-0.05, 0) is 13.0 Å². The molecule has 0 saturated heterocycles. The van der Waals surface area contributed by atoms with Crippen LogP contribution in [0.15, 0.2) is 16.3 Å². The predicted molar refractivity (Wildman–Crippen MR) is 39.0 cm³/mol. The zero-order valence-electron chi connectivity index (χ0n) is 5.54. The van der Waals surface area contributed by atoms with E-state index in [1.54, 1.807) is 12.3 Å². The Labute approximate surface area is 64.0 Å². The van der Waals surface area contributed by atoms with Crippen molar-refractivity contribution in [2.45, 2.75) is 6.92 Å². The third-order valence-corrected chi connectivity index (χ3v) is 1.06. The maximum Gasteiger partial charge on any atom is 0.126 e. The van der Waals surface area contributed by atoms with Gasteiger partial charge in [-0.2, -0.15) is 0 Å². The van der Waals surface area contributed by atoms with Gasteiger partial charge >= 0.3 is 0 Å². The van der Waals surface area contributed by atoms with Gasteiger partial charge in [-0.1, -0.05) is 16.9 Å². The van der Waals surface area contributed by atoms with Crippen LogP contribution < -0.4 is 5.43 Å². The van der Waals surface area contributed by atoms with Gasteiger partial charge in [0.2, 0.25) is 0 Å². The lowest BCUT2D eigenvalue weighted by Gasteiger charge is -2.19. The maximum atomic E-state index is 5.58. The minimum atomic E-state index is 0.489. The van der Waals surface area contributed by atoms with Crippen molar-refractivity contribution in [3.05, 3.63) is 11.2 Å². The van der Waals surface area contributed by atoms with Gasteiger partial charge in [0.25, 0.3) is 0 Å². The summed E-state index contributed by atoms with van der Waals surface area (Å²) in [6.45, 7) is 2.41. The minimum Gasteiger partial charge on any atom is -0.246 e. The van der Waals surface area contributed by atoms with Crippen LogP contribution in [-0.2, 0) is 4.84 Å². The lowest BCUT2D eigenvalue weighted by atomic mass is 10.6. The highest BCUT2D eigenvalue weighted by Gasteiger charge is 2.02. The maximum absolute atomic E-state index is 5.58. The van der Waals surface area contributed by atoms with Crippen molar-refractivity contribution >= 4 is 17.8 Å². The van der Waals surface area contributed by atoms with Gasteiger partial charge in [0.15, 0.2) is 0 Å². The van der Waals surface area contributed by atoms with Crippen LogP contribution in [0.25, 0.3) is 0 Å². The number of hydrogen-bond donors (Lipinski definition) is 1. The van der Waals surface area contributed by atoms with E-state index in [9.17, 15) is 0 Å². The monoisotopic (exact) mass is 161 g/mol. The lowest BCUT2D eigenvalue weighted by molar-refractivity contribution is -0.183. The average molecular weight is 162 g/mol. The van der Waals surface area contributed by atoms with E-state index in [1.807, 2.05) is 6.92 Å². The molecule has 0 atom stereocenters. The molecule has 1 N–H and O–H groups in total. The molecule has 1 heterocycles. The summed E-state index contributed by atoms with van der Waals surface area (Å²) in [4.78, 5) is 4.95. The first-order valence-corrected chi connectivity index (χ1v) is 3.30. The molecule has 0 radical (unpaired) electrons. The molecule has 4 nitrogen and oxygen atoms in total. The molecule has 56 valence electrons. The summed E-state index contributed by atoms with van der Waals surface area (Å²) in [5.41, 5.74) is 2.66. The second kappa shape index (κ2) is 3.43. The fourth-order valence-electron chi connectivity index (χ4n) is 0.505. The third kappa shape index (κ3) is 1.89. The third-order valence-electron chi connectivity index (χ3n) is 0.846. The first-order valence-electron chi connectivity index (χ1n) is 2.92. The molecule has 10 heavy (non-hydrogen) atoms. The van der Waals surface area contributed by atoms with Crippen LogP contribution in [0.3, 0.4) is 0 Å². The first-order chi connectivity index (χ1) is 4.83. The van der Waals surface area contributed by atoms with Crippen LogP contribution in [0.1, 0.15) is 6.92 Å². The minimum absolute atomic E-state index is 0.489. The highest BCUT2D eigenvalue weighted by molar-refractivity contribution is 6.30. The molecule has 1 aliphatic heterocycles. The topological polar surface area (TPSA) is 36.9 Å². The zero-order valence-corrected chi connectivity index (χ0v) is 6.30. The van der Waals surface area contributed by atoms with Crippen molar-refractivity contribution in [3.63, 3.8) is 0 Å². The van der Waals surface area contributed by atoms with Crippen LogP contribution in [0.4, 0.5) is 0 Å². The first kappa shape index (κ1) is 7.37. The van der Waals surface area contributed by atoms with Gasteiger partial charge in [-0.15, -0.1) is 5.10 Å². The quantitative estimate of drug-likeness (QED) is 0.610. The number of hydrazone groups is 1. The molecule has 0 aromatic rings. The Morgan fingerprint density at radius 1 is 1.90 bits per heavy atom. The van der Waals surface area contributed by atoms with E-state index in [0.717, 1.165) is 0 Å². The van der Waals surface area contributed by atoms with E-state index in [1.165, 1.54) is 5.28 Å². The highest BCUT2D eigenvalue weighted by Crippen LogP contribution is 2.01. The Balaban J connectivity index is 2.39. The summed E-state index contributed by atoms with van der Waals surface area (Å²) in [7, 11) is 0. The Morgan fingerprint density at radius 2 is 2.70 bits per heavy atom. The number of nitrogens with zero attached hydrogens (tertiary/aromatic N) is 2. The summed E-state index contributed by atoms with van der Waals surface area (Å²) < 4.78 is 0. The van der Waals surface area contributed by atoms with E-state index in [0.29, 0.717) is 11.8 Å². The molecule has 0 aromatic carbocycles. The number of halogens is 1. The number of nitrogens with one attached hydrogen (secondary N) is 1. The molecule has 0 saturated carbocycles. The predicted octanol–water partition coefficient (Wildman–Crippen LogP) is 0.824. The second-order valence-corrected chi connectivity index (χ2v) is 1.99. The van der Waals surface area contributed by atoms with Crippen molar-refractivity contribution < 1.29 is 4.84 Å². The standard InChI is InChI=1S/C5H8ClN3O/c1-2-10-9-7-4-3-5(6)8-9/h3-4,8H,2H2,1H3. The molecule has 0 unspecified atom stereocenters. The van der Waals surface area contributed by atoms with E-state index >= 15 is 0 Å². The Bertz CT molecular complexity index is 168. The molecular formula is C5H8ClN3O. The second-order valence-electron chi connectivity index (χ2n) is 1.58. The van der Waals surface area contributed by atoms with Crippen molar-refractivity contribution in [1.29, 1.82) is 0 Å². The summed E-state index contributed by atoms with van der Waals surface area (Å²) in [6, 6.07) is 0. The lowest BCUT2D eigenvalue weighted by Crippen LogP contribution is -2.33. The van der Waals surface area contributed by atoms with Gasteiger partial charge in [0, 0.05) is 0 Å². The van der Waals surface area contributed by atoms with E-state index in [4.69, 9.17) is 16.4 Å². The molecule has 1 aliphatic rings. The smallest absolute Gasteiger partial charge is 0.126 e. The summed E-state index contributed by atoms with van der Waals surface area (Å²) in [6.07, 6.45) is 3.19. The largest absolute Gasteiger partial charge is 0.246 e. The molecule has 0 aliphatic carbocycles. The summed E-state index contributed by atoms with van der Waals surface area (Å²) >= 11 is 5.58. The Kier molecular flexibility index (Phi) is 2.53. The Hall–Kier alpha value is -0.740. The molecule has 0 amide bonds. The van der Waals surface area contributed by atoms with Crippen molar-refractivity contribution in [2.75, 3.05) is 6.61 Å². The molecule has 5 heteroatoms. The fraction of sp³-hybridized carbons (Fsp3) is 0.400. The number of allylic oxidation sites excluding steroid dienone is 1. The van der Waals surface area contributed by atoms with Gasteiger partial charge in [0.1, 0.15) is 5.16 Å². The van der Waals surface area contributed by atoms with Crippen molar-refractivity contribution in [1.82, 2.24) is 10.7 Å². The molecule has 0 spiro atoms. The average Bonchev–Trinajstić information content (AvgIpc) is 1.88. The highest BCUT2D eigenvalue weighted by atomic mass is 35.5. The number of rotatable bonds is 2. The Morgan fingerprint density at radius 3 is 3.30 bits per heavy atom. The zero-order chi connectivity index (χ0) is 7.40. The SMILES string of the molecule is CCON1N=CC=C(Cl)N1. The summed E-state index contributed by atoms with van der Waals surface area (Å²) in [5, 5.41) is 5.48. The van der Waals surface area contributed by atoms with Crippen LogP contribution in [0, 0.1) is 0 Å². The molecule has 0 aromatic heterocycles. The summed E-state index contributed by atoms with van der Waals surface area (Å²) in [5.74, 6) is 0. The number of hydrazine groups is 1. The molecule has 1 rings (SSSR count). The van der Waals surface area contributed by atoms with E-state index in [-0.39, 0.29) is 0 Å². The molecule has 0 bridgehead atoms. The van der Waals surface area contributed by atoms with Gasteiger partial charge in [0.05, 0.1) is 12.8 Å². The molecule has 0 fully saturated rings. The fourth-order valence-corrected chi connectivity index (χ4v) is 0.633. The number of hydrogen-bond acceptors (Lipinski definition) is 4. The van der Waals surface area contributed by atoms with Crippen LogP contribution in [0.2, 0.25) is 0 Å². The van der Waals surface area contributed by atoms with Gasteiger partial charge < -0.3 is 0 Å². The van der Waals surface area contributed by atoms with E-state index in [2.05, 4.69) is 10.5 Å². The normalized spacial score (nSPS) is 16.6. The molecular weight excluding hydrogens is 154 g/mol. The van der Waals surface area contributed by atoms with Crippen LogP contribution in [-0.4, -0.2) is 18.1 Å². The van der Waals surface area contributed by atoms with Crippen LogP contribution >= 0.6 is 11.6 Å². The van der Waals surface area contributed by atoms with E-state index < -0.39 is 0 Å².